The van der Waals surface area contributed by atoms with Gasteiger partial charge < -0.3 is 14.1 Å². The molecule has 0 aliphatic carbocycles. The van der Waals surface area contributed by atoms with Crippen LogP contribution in [0.25, 0.3) is 17.0 Å². The molecule has 1 aromatic heterocycles. The number of carbonyl (C=O) groups excluding carboxylic acids is 3. The van der Waals surface area contributed by atoms with Crippen LogP contribution in [0.1, 0.15) is 12.5 Å². The van der Waals surface area contributed by atoms with Crippen LogP contribution in [-0.4, -0.2) is 17.5 Å². The predicted octanol–water partition coefficient (Wildman–Crippen LogP) is 5.49. The highest BCUT2D eigenvalue weighted by Gasteiger charge is 2.36. The van der Waals surface area contributed by atoms with Crippen molar-refractivity contribution in [2.45, 2.75) is 6.92 Å². The van der Waals surface area contributed by atoms with Gasteiger partial charge in [0.15, 0.2) is 17.5 Å². The smallest absolute Gasteiger partial charge is 0.343 e. The maximum Gasteiger partial charge on any atom is 0.343 e. The fourth-order valence-electron chi connectivity index (χ4n) is 4.14. The zero-order valence-corrected chi connectivity index (χ0v) is 19.8. The zero-order valence-electron chi connectivity index (χ0n) is 19.8. The number of rotatable bonds is 6. The summed E-state index contributed by atoms with van der Waals surface area (Å²) >= 11 is 0. The summed E-state index contributed by atoms with van der Waals surface area (Å²) in [5, 5.41) is 0.642. The van der Waals surface area contributed by atoms with E-state index in [0.29, 0.717) is 11.0 Å². The topological polar surface area (TPSA) is 93.9 Å². The van der Waals surface area contributed by atoms with Gasteiger partial charge in [0, 0.05) is 34.6 Å². The van der Waals surface area contributed by atoms with Crippen molar-refractivity contribution in [3.8, 4) is 0 Å². The first-order chi connectivity index (χ1) is 17.9. The Morgan fingerprint density at radius 3 is 2.11 bits per heavy atom. The van der Waals surface area contributed by atoms with Crippen molar-refractivity contribution in [2.75, 3.05) is 4.90 Å². The molecule has 0 fully saturated rings. The molecule has 1 unspecified atom stereocenters. The van der Waals surface area contributed by atoms with Crippen molar-refractivity contribution in [3.63, 3.8) is 0 Å². The van der Waals surface area contributed by atoms with E-state index in [1.54, 1.807) is 12.1 Å². The maximum absolute atomic E-state index is 12.7. The molecular weight excluding hydrogens is 470 g/mol. The van der Waals surface area contributed by atoms with Crippen LogP contribution in [-0.2, 0) is 19.1 Å². The predicted molar refractivity (Wildman–Crippen MR) is 140 cm³/mol. The van der Waals surface area contributed by atoms with E-state index in [2.05, 4.69) is 0 Å². The number of benzene rings is 3. The summed E-state index contributed by atoms with van der Waals surface area (Å²) in [6.07, 6.45) is 3.37. The SMILES string of the molecule is CC1=CC(=O)C(C(=O)/C=C/c2cc3ccc(N(c4ccccc4)c4ccccc4)cc3oc2=O)C(=O)O1. The molecule has 0 saturated heterocycles. The summed E-state index contributed by atoms with van der Waals surface area (Å²) < 4.78 is 10.5. The summed E-state index contributed by atoms with van der Waals surface area (Å²) in [6, 6.07) is 26.7. The number of hydrogen-bond donors (Lipinski definition) is 0. The normalized spacial score (nSPS) is 15.5. The van der Waals surface area contributed by atoms with Gasteiger partial charge in [-0.3, -0.25) is 14.4 Å². The molecule has 1 aliphatic rings. The highest BCUT2D eigenvalue weighted by atomic mass is 16.5. The summed E-state index contributed by atoms with van der Waals surface area (Å²) in [5.41, 5.74) is 2.50. The number of carbonyl (C=O) groups is 3. The van der Waals surface area contributed by atoms with E-state index in [1.165, 1.54) is 13.0 Å². The molecule has 37 heavy (non-hydrogen) atoms. The van der Waals surface area contributed by atoms with Gasteiger partial charge in [-0.05, 0) is 61.5 Å². The van der Waals surface area contributed by atoms with Crippen LogP contribution in [0, 0.1) is 5.92 Å². The van der Waals surface area contributed by atoms with Crippen molar-refractivity contribution >= 4 is 51.6 Å². The minimum atomic E-state index is -1.57. The third-order valence-corrected chi connectivity index (χ3v) is 5.87. The van der Waals surface area contributed by atoms with E-state index in [9.17, 15) is 19.2 Å². The number of fused-ring (bicyclic) bond motifs is 1. The molecule has 0 N–H and O–H groups in total. The molecule has 7 heteroatoms. The van der Waals surface area contributed by atoms with Gasteiger partial charge in [0.25, 0.3) is 0 Å². The average molecular weight is 491 g/mol. The Morgan fingerprint density at radius 1 is 0.838 bits per heavy atom. The van der Waals surface area contributed by atoms with Gasteiger partial charge >= 0.3 is 11.6 Å². The summed E-state index contributed by atoms with van der Waals surface area (Å²) in [4.78, 5) is 51.3. The minimum Gasteiger partial charge on any atom is -0.430 e. The van der Waals surface area contributed by atoms with Crippen molar-refractivity contribution in [1.29, 1.82) is 0 Å². The molecule has 7 nitrogen and oxygen atoms in total. The molecule has 0 amide bonds. The molecule has 2 heterocycles. The Labute approximate surface area is 211 Å². The van der Waals surface area contributed by atoms with Gasteiger partial charge in [-0.15, -0.1) is 0 Å². The lowest BCUT2D eigenvalue weighted by Crippen LogP contribution is -2.34. The first kappa shape index (κ1) is 23.7. The molecule has 0 bridgehead atoms. The first-order valence-electron chi connectivity index (χ1n) is 11.5. The number of para-hydroxylation sites is 2. The van der Waals surface area contributed by atoms with Gasteiger partial charge in [-0.1, -0.05) is 36.4 Å². The maximum atomic E-state index is 12.7. The number of ketones is 2. The van der Waals surface area contributed by atoms with Crippen LogP contribution >= 0.6 is 0 Å². The standard InChI is InChI=1S/C30H21NO6/c1-19-16-26(33)28(30(35)36-19)25(32)15-13-21-17-20-12-14-24(18-27(20)37-29(21)34)31(22-8-4-2-5-9-22)23-10-6-3-7-11-23/h2-18,28H,1H3/b15-13+. The molecule has 1 atom stereocenters. The molecule has 3 aromatic carbocycles. The summed E-state index contributed by atoms with van der Waals surface area (Å²) in [7, 11) is 0. The third-order valence-electron chi connectivity index (χ3n) is 5.87. The van der Waals surface area contributed by atoms with E-state index < -0.39 is 29.1 Å². The van der Waals surface area contributed by atoms with Crippen LogP contribution in [0.5, 0.6) is 0 Å². The third kappa shape index (κ3) is 4.88. The fourth-order valence-corrected chi connectivity index (χ4v) is 4.14. The average Bonchev–Trinajstić information content (AvgIpc) is 2.88. The highest BCUT2D eigenvalue weighted by Crippen LogP contribution is 2.35. The molecule has 4 aromatic rings. The Balaban J connectivity index is 1.48. The fraction of sp³-hybridized carbons (Fsp3) is 0.0667. The van der Waals surface area contributed by atoms with E-state index in [1.807, 2.05) is 77.7 Å². The van der Waals surface area contributed by atoms with Gasteiger partial charge in [0.05, 0.1) is 5.56 Å². The molecule has 0 saturated carbocycles. The Kier molecular flexibility index (Phi) is 6.34. The Hall–Kier alpha value is -5.04. The molecule has 0 radical (unpaired) electrons. The number of cyclic esters (lactones) is 1. The van der Waals surface area contributed by atoms with E-state index in [0.717, 1.165) is 29.2 Å². The van der Waals surface area contributed by atoms with Crippen molar-refractivity contribution < 1.29 is 23.5 Å². The Bertz CT molecular complexity index is 1590. The number of nitrogens with zero attached hydrogens (tertiary/aromatic N) is 1. The molecule has 182 valence electrons. The lowest BCUT2D eigenvalue weighted by molar-refractivity contribution is -0.151. The number of ether oxygens (including phenoxy) is 1. The van der Waals surface area contributed by atoms with Crippen molar-refractivity contribution in [2.24, 2.45) is 5.92 Å². The van der Waals surface area contributed by atoms with E-state index in [4.69, 9.17) is 9.15 Å². The summed E-state index contributed by atoms with van der Waals surface area (Å²) in [5.74, 6) is -3.79. The lowest BCUT2D eigenvalue weighted by atomic mass is 9.96. The number of hydrogen-bond acceptors (Lipinski definition) is 7. The summed E-state index contributed by atoms with van der Waals surface area (Å²) in [6.45, 7) is 1.46. The van der Waals surface area contributed by atoms with Gasteiger partial charge in [0.1, 0.15) is 11.3 Å². The first-order valence-corrected chi connectivity index (χ1v) is 11.5. The minimum absolute atomic E-state index is 0.111. The Morgan fingerprint density at radius 2 is 1.49 bits per heavy atom. The molecule has 1 aliphatic heterocycles. The second-order valence-corrected chi connectivity index (χ2v) is 8.47. The molecule has 5 rings (SSSR count). The zero-order chi connectivity index (χ0) is 25.9. The van der Waals surface area contributed by atoms with E-state index >= 15 is 0 Å². The molecule has 0 spiro atoms. The van der Waals surface area contributed by atoms with Crippen LogP contribution in [0.3, 0.4) is 0 Å². The van der Waals surface area contributed by atoms with Crippen LogP contribution in [0.2, 0.25) is 0 Å². The van der Waals surface area contributed by atoms with Crippen molar-refractivity contribution in [3.05, 3.63) is 119 Å². The quantitative estimate of drug-likeness (QED) is 0.152. The van der Waals surface area contributed by atoms with Crippen LogP contribution in [0.4, 0.5) is 17.1 Å². The largest absolute Gasteiger partial charge is 0.430 e. The molecular formula is C30H21NO6. The second-order valence-electron chi connectivity index (χ2n) is 8.47. The van der Waals surface area contributed by atoms with Gasteiger partial charge in [0.2, 0.25) is 0 Å². The number of esters is 1. The van der Waals surface area contributed by atoms with Crippen molar-refractivity contribution in [1.82, 2.24) is 0 Å². The van der Waals surface area contributed by atoms with Crippen LogP contribution in [0.15, 0.2) is 112 Å². The van der Waals surface area contributed by atoms with E-state index in [-0.39, 0.29) is 11.3 Å². The second kappa shape index (κ2) is 9.91. The number of anilines is 3. The van der Waals surface area contributed by atoms with Crippen LogP contribution < -0.4 is 10.5 Å². The van der Waals surface area contributed by atoms with Gasteiger partial charge in [-0.25, -0.2) is 4.79 Å². The lowest BCUT2D eigenvalue weighted by Gasteiger charge is -2.25. The number of allylic oxidation sites excluding steroid dienone is 3. The van der Waals surface area contributed by atoms with Gasteiger partial charge in [-0.2, -0.15) is 0 Å². The monoisotopic (exact) mass is 491 g/mol. The highest BCUT2D eigenvalue weighted by molar-refractivity contribution is 6.25.